The molecule has 1 aliphatic heterocycles. The predicted octanol–water partition coefficient (Wildman–Crippen LogP) is 8.76. The van der Waals surface area contributed by atoms with E-state index in [4.69, 9.17) is 0 Å². The van der Waals surface area contributed by atoms with Gasteiger partial charge in [-0.05, 0) is 51.6 Å². The van der Waals surface area contributed by atoms with E-state index in [1.54, 1.807) is 0 Å². The highest BCUT2D eigenvalue weighted by Gasteiger charge is 2.34. The van der Waals surface area contributed by atoms with Crippen molar-refractivity contribution in [2.45, 2.75) is 19.3 Å². The van der Waals surface area contributed by atoms with Crippen LogP contribution in [0.15, 0.2) is 115 Å². The van der Waals surface area contributed by atoms with Gasteiger partial charge in [-0.3, -0.25) is 0 Å². The van der Waals surface area contributed by atoms with E-state index in [2.05, 4.69) is 134 Å². The molecule has 0 atom stereocenters. The second-order valence-electron chi connectivity index (χ2n) is 9.82. The average molecular weight is 436 g/mol. The monoisotopic (exact) mass is 435 g/mol. The number of hydrogen-bond acceptors (Lipinski definition) is 0. The van der Waals surface area contributed by atoms with E-state index in [0.29, 0.717) is 0 Å². The van der Waals surface area contributed by atoms with Gasteiger partial charge in [-0.1, -0.05) is 111 Å². The lowest BCUT2D eigenvalue weighted by Gasteiger charge is -2.34. The zero-order chi connectivity index (χ0) is 22.9. The molecule has 0 saturated carbocycles. The smallest absolute Gasteiger partial charge is 0.0582 e. The van der Waals surface area contributed by atoms with Crippen LogP contribution < -0.4 is 0 Å². The molecule has 6 aromatic rings. The molecule has 162 valence electrons. The molecular formula is C33H25N. The second-order valence-corrected chi connectivity index (χ2v) is 9.82. The summed E-state index contributed by atoms with van der Waals surface area (Å²) in [6, 6.07) is 42.1. The Morgan fingerprint density at radius 1 is 0.529 bits per heavy atom. The molecule has 0 aliphatic carbocycles. The maximum atomic E-state index is 2.48. The van der Waals surface area contributed by atoms with Crippen LogP contribution in [0.1, 0.15) is 25.0 Å². The first kappa shape index (κ1) is 19.4. The van der Waals surface area contributed by atoms with Crippen molar-refractivity contribution < 1.29 is 0 Å². The predicted molar refractivity (Wildman–Crippen MR) is 144 cm³/mol. The van der Waals surface area contributed by atoms with E-state index < -0.39 is 0 Å². The summed E-state index contributed by atoms with van der Waals surface area (Å²) in [5, 5.41) is 2.64. The molecule has 2 heterocycles. The number of hydrogen-bond donors (Lipinski definition) is 0. The van der Waals surface area contributed by atoms with Crippen LogP contribution in [-0.2, 0) is 5.41 Å². The fourth-order valence-corrected chi connectivity index (χ4v) is 5.94. The second kappa shape index (κ2) is 6.95. The highest BCUT2D eigenvalue weighted by atomic mass is 15.0. The summed E-state index contributed by atoms with van der Waals surface area (Å²) in [6.45, 7) is 4.70. The standard InChI is InChI=1S/C33H25N/c1-33(2)28-16-8-9-18-31(28)34-30-20-19-23(21-27(30)26-15-10-17-29(33)32(26)34)25-14-7-6-13-24(25)22-11-4-3-5-12-22/h3-21H,1-2H3. The largest absolute Gasteiger partial charge is 0.309 e. The van der Waals surface area contributed by atoms with Crippen molar-refractivity contribution in [3.8, 4) is 27.9 Å². The molecule has 1 aliphatic rings. The van der Waals surface area contributed by atoms with Gasteiger partial charge in [0, 0.05) is 16.2 Å². The minimum atomic E-state index is -0.0385. The van der Waals surface area contributed by atoms with Crippen molar-refractivity contribution in [1.29, 1.82) is 0 Å². The van der Waals surface area contributed by atoms with Crippen LogP contribution in [0.5, 0.6) is 0 Å². The van der Waals surface area contributed by atoms with Gasteiger partial charge < -0.3 is 4.57 Å². The molecular weight excluding hydrogens is 410 g/mol. The lowest BCUT2D eigenvalue weighted by molar-refractivity contribution is 0.630. The van der Waals surface area contributed by atoms with E-state index in [1.165, 1.54) is 60.9 Å². The van der Waals surface area contributed by atoms with Crippen molar-refractivity contribution in [2.24, 2.45) is 0 Å². The van der Waals surface area contributed by atoms with Crippen molar-refractivity contribution >= 4 is 21.8 Å². The molecule has 0 amide bonds. The molecule has 0 spiro atoms. The summed E-state index contributed by atoms with van der Waals surface area (Å²) >= 11 is 0. The van der Waals surface area contributed by atoms with E-state index in [1.807, 2.05) is 0 Å². The zero-order valence-electron chi connectivity index (χ0n) is 19.4. The van der Waals surface area contributed by atoms with Crippen LogP contribution in [0, 0.1) is 0 Å². The van der Waals surface area contributed by atoms with Crippen LogP contribution in [-0.4, -0.2) is 4.57 Å². The topological polar surface area (TPSA) is 4.93 Å². The quantitative estimate of drug-likeness (QED) is 0.256. The Bertz CT molecular complexity index is 1720. The van der Waals surface area contributed by atoms with Crippen LogP contribution in [0.25, 0.3) is 49.7 Å². The molecule has 5 aromatic carbocycles. The Morgan fingerprint density at radius 3 is 2.03 bits per heavy atom. The van der Waals surface area contributed by atoms with Crippen molar-refractivity contribution in [3.05, 3.63) is 126 Å². The molecule has 0 bridgehead atoms. The summed E-state index contributed by atoms with van der Waals surface area (Å²) in [4.78, 5) is 0. The molecule has 1 nitrogen and oxygen atoms in total. The van der Waals surface area contributed by atoms with E-state index in [0.717, 1.165) is 0 Å². The van der Waals surface area contributed by atoms with Gasteiger partial charge in [0.1, 0.15) is 0 Å². The fraction of sp³-hybridized carbons (Fsp3) is 0.0909. The van der Waals surface area contributed by atoms with Gasteiger partial charge in [0.15, 0.2) is 0 Å². The van der Waals surface area contributed by atoms with Gasteiger partial charge >= 0.3 is 0 Å². The number of nitrogens with zero attached hydrogens (tertiary/aromatic N) is 1. The zero-order valence-corrected chi connectivity index (χ0v) is 19.4. The van der Waals surface area contributed by atoms with Gasteiger partial charge in [0.2, 0.25) is 0 Å². The van der Waals surface area contributed by atoms with Gasteiger partial charge in [0.05, 0.1) is 16.7 Å². The molecule has 34 heavy (non-hydrogen) atoms. The summed E-state index contributed by atoms with van der Waals surface area (Å²) in [5.74, 6) is 0. The van der Waals surface area contributed by atoms with Crippen molar-refractivity contribution in [2.75, 3.05) is 0 Å². The Hall–Kier alpha value is -4.10. The van der Waals surface area contributed by atoms with Crippen LogP contribution in [0.4, 0.5) is 0 Å². The fourth-order valence-electron chi connectivity index (χ4n) is 5.94. The number of benzene rings is 5. The minimum absolute atomic E-state index is 0.0385. The van der Waals surface area contributed by atoms with E-state index in [-0.39, 0.29) is 5.41 Å². The van der Waals surface area contributed by atoms with Gasteiger partial charge in [-0.2, -0.15) is 0 Å². The average Bonchev–Trinajstić information content (AvgIpc) is 3.22. The number of aromatic nitrogens is 1. The summed E-state index contributed by atoms with van der Waals surface area (Å²) < 4.78 is 2.48. The number of rotatable bonds is 2. The van der Waals surface area contributed by atoms with Crippen molar-refractivity contribution in [3.63, 3.8) is 0 Å². The molecule has 0 radical (unpaired) electrons. The molecule has 1 aromatic heterocycles. The van der Waals surface area contributed by atoms with Crippen molar-refractivity contribution in [1.82, 2.24) is 4.57 Å². The van der Waals surface area contributed by atoms with Gasteiger partial charge in [-0.15, -0.1) is 0 Å². The first-order chi connectivity index (χ1) is 16.6. The molecule has 0 unspecified atom stereocenters. The minimum Gasteiger partial charge on any atom is -0.309 e. The van der Waals surface area contributed by atoms with E-state index >= 15 is 0 Å². The summed E-state index contributed by atoms with van der Waals surface area (Å²) in [6.07, 6.45) is 0. The Kier molecular flexibility index (Phi) is 3.96. The Balaban J connectivity index is 1.55. The summed E-state index contributed by atoms with van der Waals surface area (Å²) in [5.41, 5.74) is 11.7. The Morgan fingerprint density at radius 2 is 1.21 bits per heavy atom. The SMILES string of the molecule is CC1(C)c2ccccc2-n2c3ccc(-c4ccccc4-c4ccccc4)cc3c3cccc1c32. The number of para-hydroxylation sites is 2. The molecule has 7 rings (SSSR count). The first-order valence-electron chi connectivity index (χ1n) is 12.0. The third-order valence-electron chi connectivity index (χ3n) is 7.60. The third kappa shape index (κ3) is 2.55. The highest BCUT2D eigenvalue weighted by molar-refractivity contribution is 6.12. The van der Waals surface area contributed by atoms with E-state index in [9.17, 15) is 0 Å². The molecule has 0 N–H and O–H groups in total. The summed E-state index contributed by atoms with van der Waals surface area (Å²) in [7, 11) is 0. The molecule has 0 fully saturated rings. The lowest BCUT2D eigenvalue weighted by atomic mass is 9.75. The normalized spacial score (nSPS) is 13.8. The van der Waals surface area contributed by atoms with Crippen LogP contribution in [0.3, 0.4) is 0 Å². The Labute approximate surface area is 199 Å². The van der Waals surface area contributed by atoms with Gasteiger partial charge in [0.25, 0.3) is 0 Å². The highest BCUT2D eigenvalue weighted by Crippen LogP contribution is 2.48. The first-order valence-corrected chi connectivity index (χ1v) is 12.0. The maximum Gasteiger partial charge on any atom is 0.0582 e. The molecule has 1 heteroatoms. The maximum absolute atomic E-state index is 2.48. The lowest BCUT2D eigenvalue weighted by Crippen LogP contribution is -2.26. The van der Waals surface area contributed by atoms with Gasteiger partial charge in [-0.25, -0.2) is 0 Å². The third-order valence-corrected chi connectivity index (χ3v) is 7.60. The van der Waals surface area contributed by atoms with Crippen LogP contribution >= 0.6 is 0 Å². The molecule has 0 saturated heterocycles. The van der Waals surface area contributed by atoms with Crippen LogP contribution in [0.2, 0.25) is 0 Å². The number of fused-ring (bicyclic) bond motifs is 5.